The summed E-state index contributed by atoms with van der Waals surface area (Å²) in [4.78, 5) is 11.0. The summed E-state index contributed by atoms with van der Waals surface area (Å²) >= 11 is 1.62. The molecule has 0 aliphatic carbocycles. The van der Waals surface area contributed by atoms with Crippen molar-refractivity contribution in [1.29, 1.82) is 0 Å². The highest BCUT2D eigenvalue weighted by atomic mass is 32.2. The second-order valence-corrected chi connectivity index (χ2v) is 3.47. The van der Waals surface area contributed by atoms with E-state index in [-0.39, 0.29) is 11.5 Å². The Balaban J connectivity index is 2.69. The van der Waals surface area contributed by atoms with Crippen molar-refractivity contribution < 1.29 is 4.92 Å². The predicted molar refractivity (Wildman–Crippen MR) is 53.8 cm³/mol. The van der Waals surface area contributed by atoms with Gasteiger partial charge in [-0.05, 0) is 17.9 Å². The first kappa shape index (κ1) is 10.1. The van der Waals surface area contributed by atoms with Crippen LogP contribution >= 0.6 is 11.8 Å². The summed E-state index contributed by atoms with van der Waals surface area (Å²) in [5, 5.41) is 10.2. The van der Waals surface area contributed by atoms with Gasteiger partial charge in [-0.25, -0.2) is 0 Å². The van der Waals surface area contributed by atoms with Crippen molar-refractivity contribution in [3.05, 3.63) is 39.9 Å². The van der Waals surface area contributed by atoms with Gasteiger partial charge < -0.3 is 0 Å². The molecule has 0 aromatic heterocycles. The van der Waals surface area contributed by atoms with Gasteiger partial charge >= 0.3 is 0 Å². The molecule has 0 heterocycles. The Morgan fingerprint density at radius 2 is 2.15 bits per heavy atom. The van der Waals surface area contributed by atoms with Crippen LogP contribution in [0.1, 0.15) is 5.56 Å². The van der Waals surface area contributed by atoms with Crippen LogP contribution in [0.3, 0.4) is 0 Å². The molecule has 3 nitrogen and oxygen atoms in total. The summed E-state index contributed by atoms with van der Waals surface area (Å²) in [6.45, 7) is 0.0115. The van der Waals surface area contributed by atoms with Gasteiger partial charge in [0, 0.05) is 16.2 Å². The van der Waals surface area contributed by atoms with Crippen molar-refractivity contribution in [2.24, 2.45) is 0 Å². The Hall–Kier alpha value is -1.03. The summed E-state index contributed by atoms with van der Waals surface area (Å²) < 4.78 is 0. The van der Waals surface area contributed by atoms with Gasteiger partial charge in [-0.1, -0.05) is 18.2 Å². The minimum Gasteiger partial charge on any atom is -0.265 e. The maximum atomic E-state index is 10.2. The zero-order valence-corrected chi connectivity index (χ0v) is 8.21. The first-order valence-corrected chi connectivity index (χ1v) is 5.20. The lowest BCUT2D eigenvalue weighted by molar-refractivity contribution is -0.479. The standard InChI is InChI=1S/C9H11NO2S/c1-13-9-5-3-2-4-8(9)6-7-10(11)12/h2-5H,6-7H2,1H3. The van der Waals surface area contributed by atoms with Crippen LogP contribution in [-0.2, 0) is 6.42 Å². The minimum atomic E-state index is -0.281. The molecule has 0 bridgehead atoms. The molecule has 70 valence electrons. The topological polar surface area (TPSA) is 43.1 Å². The first-order valence-electron chi connectivity index (χ1n) is 3.97. The third kappa shape index (κ3) is 3.06. The van der Waals surface area contributed by atoms with Crippen molar-refractivity contribution in [1.82, 2.24) is 0 Å². The van der Waals surface area contributed by atoms with Gasteiger partial charge in [0.1, 0.15) is 0 Å². The Bertz CT molecular complexity index is 301. The smallest absolute Gasteiger partial charge is 0.207 e. The molecular formula is C9H11NO2S. The third-order valence-electron chi connectivity index (χ3n) is 1.76. The monoisotopic (exact) mass is 197 g/mol. The lowest BCUT2D eigenvalue weighted by Crippen LogP contribution is -2.04. The molecule has 0 N–H and O–H groups in total. The maximum absolute atomic E-state index is 10.2. The fourth-order valence-corrected chi connectivity index (χ4v) is 1.77. The molecule has 0 amide bonds. The molecule has 0 radical (unpaired) electrons. The van der Waals surface area contributed by atoms with Crippen molar-refractivity contribution in [2.45, 2.75) is 11.3 Å². The fourth-order valence-electron chi connectivity index (χ4n) is 1.12. The third-order valence-corrected chi connectivity index (χ3v) is 2.59. The molecule has 1 aromatic rings. The van der Waals surface area contributed by atoms with Gasteiger partial charge in [0.25, 0.3) is 0 Å². The second kappa shape index (κ2) is 4.87. The van der Waals surface area contributed by atoms with Gasteiger partial charge in [-0.2, -0.15) is 0 Å². The Morgan fingerprint density at radius 3 is 2.77 bits per heavy atom. The van der Waals surface area contributed by atoms with Gasteiger partial charge in [0.2, 0.25) is 6.54 Å². The number of rotatable bonds is 4. The Kier molecular flexibility index (Phi) is 3.76. The van der Waals surface area contributed by atoms with E-state index in [1.54, 1.807) is 11.8 Å². The van der Waals surface area contributed by atoms with Crippen LogP contribution in [-0.4, -0.2) is 17.7 Å². The zero-order valence-electron chi connectivity index (χ0n) is 7.40. The van der Waals surface area contributed by atoms with Crippen LogP contribution in [0, 0.1) is 10.1 Å². The van der Waals surface area contributed by atoms with Crippen LogP contribution in [0.4, 0.5) is 0 Å². The van der Waals surface area contributed by atoms with Crippen molar-refractivity contribution in [2.75, 3.05) is 12.8 Å². The quantitative estimate of drug-likeness (QED) is 0.422. The molecule has 13 heavy (non-hydrogen) atoms. The summed E-state index contributed by atoms with van der Waals surface area (Å²) in [5.74, 6) is 0. The molecule has 1 aromatic carbocycles. The number of thioether (sulfide) groups is 1. The van der Waals surface area contributed by atoms with E-state index in [2.05, 4.69) is 0 Å². The van der Waals surface area contributed by atoms with E-state index < -0.39 is 0 Å². The lowest BCUT2D eigenvalue weighted by Gasteiger charge is -2.03. The molecule has 0 aliphatic rings. The molecule has 0 unspecified atom stereocenters. The van der Waals surface area contributed by atoms with Gasteiger partial charge in [0.15, 0.2) is 0 Å². The van der Waals surface area contributed by atoms with Gasteiger partial charge in [-0.15, -0.1) is 11.8 Å². The van der Waals surface area contributed by atoms with E-state index in [1.807, 2.05) is 30.5 Å². The van der Waals surface area contributed by atoms with Crippen LogP contribution in [0.2, 0.25) is 0 Å². The van der Waals surface area contributed by atoms with Crippen LogP contribution in [0.5, 0.6) is 0 Å². The van der Waals surface area contributed by atoms with Gasteiger partial charge in [-0.3, -0.25) is 10.1 Å². The fraction of sp³-hybridized carbons (Fsp3) is 0.333. The number of benzene rings is 1. The number of hydrogen-bond donors (Lipinski definition) is 0. The SMILES string of the molecule is CSc1ccccc1CC[N+](=O)[O-]. The minimum absolute atomic E-state index is 0.0115. The highest BCUT2D eigenvalue weighted by Crippen LogP contribution is 2.19. The van der Waals surface area contributed by atoms with E-state index in [0.717, 1.165) is 10.5 Å². The molecular weight excluding hydrogens is 186 g/mol. The molecule has 0 saturated heterocycles. The Morgan fingerprint density at radius 1 is 1.46 bits per heavy atom. The van der Waals surface area contributed by atoms with E-state index >= 15 is 0 Å². The predicted octanol–water partition coefficient (Wildman–Crippen LogP) is 2.23. The molecule has 1 rings (SSSR count). The normalized spacial score (nSPS) is 9.92. The summed E-state index contributed by atoms with van der Waals surface area (Å²) in [7, 11) is 0. The van der Waals surface area contributed by atoms with E-state index in [1.165, 1.54) is 0 Å². The molecule has 0 fully saturated rings. The van der Waals surface area contributed by atoms with E-state index in [0.29, 0.717) is 6.42 Å². The van der Waals surface area contributed by atoms with Crippen LogP contribution in [0.25, 0.3) is 0 Å². The molecule has 4 heteroatoms. The van der Waals surface area contributed by atoms with Crippen molar-refractivity contribution in [3.63, 3.8) is 0 Å². The van der Waals surface area contributed by atoms with E-state index in [9.17, 15) is 10.1 Å². The maximum Gasteiger partial charge on any atom is 0.207 e. The molecule has 0 saturated carbocycles. The van der Waals surface area contributed by atoms with E-state index in [4.69, 9.17) is 0 Å². The zero-order chi connectivity index (χ0) is 9.68. The summed E-state index contributed by atoms with van der Waals surface area (Å²) in [6.07, 6.45) is 2.50. The highest BCUT2D eigenvalue weighted by molar-refractivity contribution is 7.98. The number of hydrogen-bond acceptors (Lipinski definition) is 3. The number of nitro groups is 1. The van der Waals surface area contributed by atoms with Crippen molar-refractivity contribution >= 4 is 11.8 Å². The van der Waals surface area contributed by atoms with Crippen LogP contribution < -0.4 is 0 Å². The molecule has 0 spiro atoms. The van der Waals surface area contributed by atoms with Crippen molar-refractivity contribution in [3.8, 4) is 0 Å². The number of nitrogens with zero attached hydrogens (tertiary/aromatic N) is 1. The van der Waals surface area contributed by atoms with Crippen LogP contribution in [0.15, 0.2) is 29.2 Å². The lowest BCUT2D eigenvalue weighted by atomic mass is 10.1. The van der Waals surface area contributed by atoms with Gasteiger partial charge in [0.05, 0.1) is 0 Å². The summed E-state index contributed by atoms with van der Waals surface area (Å²) in [6, 6.07) is 7.78. The second-order valence-electron chi connectivity index (χ2n) is 2.62. The first-order chi connectivity index (χ1) is 6.24. The average molecular weight is 197 g/mol. The highest BCUT2D eigenvalue weighted by Gasteiger charge is 2.03. The largest absolute Gasteiger partial charge is 0.265 e. The molecule has 0 aliphatic heterocycles. The Labute approximate surface area is 81.3 Å². The summed E-state index contributed by atoms with van der Waals surface area (Å²) in [5.41, 5.74) is 1.06. The molecule has 0 atom stereocenters. The average Bonchev–Trinajstić information content (AvgIpc) is 2.15.